The molecule has 1 amide bonds. The fourth-order valence-corrected chi connectivity index (χ4v) is 0.420. The van der Waals surface area contributed by atoms with Gasteiger partial charge in [-0.3, -0.25) is 4.79 Å². The number of carbonyl (C=O) groups is 1. The van der Waals surface area contributed by atoms with Crippen molar-refractivity contribution in [3.63, 3.8) is 0 Å². The predicted octanol–water partition coefficient (Wildman–Crippen LogP) is -0.443. The Bertz CT molecular complexity index is 138. The molecule has 0 rings (SSSR count). The second-order valence-electron chi connectivity index (χ2n) is 1.80. The van der Waals surface area contributed by atoms with Gasteiger partial charge < -0.3 is 15.5 Å². The van der Waals surface area contributed by atoms with Gasteiger partial charge in [-0.05, 0) is 6.92 Å². The van der Waals surface area contributed by atoms with Gasteiger partial charge in [-0.2, -0.15) is 0 Å². The van der Waals surface area contributed by atoms with E-state index in [-0.39, 0.29) is 18.9 Å². The van der Waals surface area contributed by atoms with Gasteiger partial charge in [-0.25, -0.2) is 0 Å². The number of allylic oxidation sites excluding steroid dienone is 1. The van der Waals surface area contributed by atoms with Gasteiger partial charge in [-0.1, -0.05) is 0 Å². The number of nitrogens with one attached hydrogen (secondary N) is 1. The highest BCUT2D eigenvalue weighted by molar-refractivity contribution is 5.87. The van der Waals surface area contributed by atoms with Crippen LogP contribution < -0.4 is 5.32 Å². The van der Waals surface area contributed by atoms with Crippen molar-refractivity contribution in [2.45, 2.75) is 6.92 Å². The molecule has 0 saturated carbocycles. The third kappa shape index (κ3) is 5.11. The second kappa shape index (κ2) is 4.81. The Hall–Kier alpha value is -1.03. The molecule has 10 heavy (non-hydrogen) atoms. The minimum Gasteiger partial charge on any atom is -0.512 e. The van der Waals surface area contributed by atoms with Crippen molar-refractivity contribution in [1.29, 1.82) is 0 Å². The Morgan fingerprint density at radius 3 is 2.70 bits per heavy atom. The van der Waals surface area contributed by atoms with Gasteiger partial charge >= 0.3 is 0 Å². The van der Waals surface area contributed by atoms with Gasteiger partial charge in [-0.15, -0.1) is 0 Å². The van der Waals surface area contributed by atoms with Crippen molar-refractivity contribution in [3.8, 4) is 0 Å². The molecule has 0 aromatic carbocycles. The van der Waals surface area contributed by atoms with Crippen molar-refractivity contribution in [1.82, 2.24) is 5.32 Å². The molecule has 0 aromatic heterocycles. The van der Waals surface area contributed by atoms with Crippen molar-refractivity contribution in [2.24, 2.45) is 0 Å². The average molecular weight is 145 g/mol. The van der Waals surface area contributed by atoms with Gasteiger partial charge in [0.1, 0.15) is 0 Å². The van der Waals surface area contributed by atoms with Gasteiger partial charge in [0.15, 0.2) is 0 Å². The highest BCUT2D eigenvalue weighted by atomic mass is 16.3. The first-order valence-electron chi connectivity index (χ1n) is 2.92. The number of aliphatic hydroxyl groups excluding tert-OH is 2. The molecule has 0 aliphatic rings. The number of rotatable bonds is 3. The summed E-state index contributed by atoms with van der Waals surface area (Å²) in [6.07, 6.45) is 1.05. The lowest BCUT2D eigenvalue weighted by molar-refractivity contribution is -0.116. The van der Waals surface area contributed by atoms with Crippen LogP contribution in [0.25, 0.3) is 0 Å². The average Bonchev–Trinajstić information content (AvgIpc) is 1.82. The van der Waals surface area contributed by atoms with Crippen LogP contribution in [0.2, 0.25) is 0 Å². The monoisotopic (exact) mass is 145 g/mol. The summed E-state index contributed by atoms with van der Waals surface area (Å²) >= 11 is 0. The van der Waals surface area contributed by atoms with Gasteiger partial charge in [0.25, 0.3) is 0 Å². The van der Waals surface area contributed by atoms with Crippen LogP contribution in [0.5, 0.6) is 0 Å². The molecule has 0 spiro atoms. The normalized spacial score (nSPS) is 11.2. The zero-order chi connectivity index (χ0) is 7.98. The molecule has 0 radical (unpaired) electrons. The summed E-state index contributed by atoms with van der Waals surface area (Å²) in [6.45, 7) is 1.52. The maximum atomic E-state index is 10.6. The summed E-state index contributed by atoms with van der Waals surface area (Å²) in [7, 11) is 0. The van der Waals surface area contributed by atoms with Gasteiger partial charge in [0, 0.05) is 12.6 Å². The highest BCUT2D eigenvalue weighted by Gasteiger charge is 1.93. The van der Waals surface area contributed by atoms with Crippen LogP contribution in [0, 0.1) is 0 Å². The SMILES string of the molecule is CC(O)=CC(=O)NCCO. The van der Waals surface area contributed by atoms with Crippen molar-refractivity contribution < 1.29 is 15.0 Å². The lowest BCUT2D eigenvalue weighted by Gasteiger charge is -1.96. The minimum absolute atomic E-state index is 0.0459. The molecular formula is C6H11NO3. The quantitative estimate of drug-likeness (QED) is 0.372. The molecule has 3 N–H and O–H groups in total. The van der Waals surface area contributed by atoms with E-state index in [1.54, 1.807) is 0 Å². The molecule has 0 heterocycles. The van der Waals surface area contributed by atoms with E-state index in [4.69, 9.17) is 10.2 Å². The van der Waals surface area contributed by atoms with Crippen LogP contribution in [0.3, 0.4) is 0 Å². The Morgan fingerprint density at radius 1 is 1.70 bits per heavy atom. The number of aliphatic hydroxyl groups is 2. The Balaban J connectivity index is 3.54. The fourth-order valence-electron chi connectivity index (χ4n) is 0.420. The van der Waals surface area contributed by atoms with E-state index in [9.17, 15) is 4.79 Å². The van der Waals surface area contributed by atoms with E-state index in [2.05, 4.69) is 5.32 Å². The van der Waals surface area contributed by atoms with Crippen LogP contribution in [-0.4, -0.2) is 29.3 Å². The molecule has 4 heteroatoms. The smallest absolute Gasteiger partial charge is 0.247 e. The first-order chi connectivity index (χ1) is 4.66. The number of carbonyl (C=O) groups excluding carboxylic acids is 1. The molecule has 58 valence electrons. The lowest BCUT2D eigenvalue weighted by atomic mass is 10.4. The summed E-state index contributed by atoms with van der Waals surface area (Å²) in [5.41, 5.74) is 0. The molecule has 0 aromatic rings. The summed E-state index contributed by atoms with van der Waals surface area (Å²) in [4.78, 5) is 10.6. The van der Waals surface area contributed by atoms with Crippen LogP contribution >= 0.6 is 0 Å². The zero-order valence-corrected chi connectivity index (χ0v) is 5.79. The molecular weight excluding hydrogens is 134 g/mol. The fraction of sp³-hybridized carbons (Fsp3) is 0.500. The van der Waals surface area contributed by atoms with E-state index in [0.717, 1.165) is 6.08 Å². The second-order valence-corrected chi connectivity index (χ2v) is 1.80. The van der Waals surface area contributed by atoms with Crippen molar-refractivity contribution in [2.75, 3.05) is 13.2 Å². The summed E-state index contributed by atoms with van der Waals surface area (Å²) in [5.74, 6) is -0.440. The lowest BCUT2D eigenvalue weighted by Crippen LogP contribution is -2.24. The Labute approximate surface area is 59.2 Å². The van der Waals surface area contributed by atoms with E-state index in [1.807, 2.05) is 0 Å². The molecule has 0 fully saturated rings. The van der Waals surface area contributed by atoms with Gasteiger partial charge in [0.2, 0.25) is 5.91 Å². The zero-order valence-electron chi connectivity index (χ0n) is 5.79. The maximum absolute atomic E-state index is 10.6. The minimum atomic E-state index is -0.394. The molecule has 0 atom stereocenters. The van der Waals surface area contributed by atoms with Gasteiger partial charge in [0.05, 0.1) is 12.4 Å². The predicted molar refractivity (Wildman–Crippen MR) is 36.5 cm³/mol. The van der Waals surface area contributed by atoms with E-state index >= 15 is 0 Å². The first kappa shape index (κ1) is 8.97. The van der Waals surface area contributed by atoms with Crippen LogP contribution in [0.1, 0.15) is 6.92 Å². The molecule has 0 bridgehead atoms. The summed E-state index contributed by atoms with van der Waals surface area (Å²) in [5, 5.41) is 19.1. The van der Waals surface area contributed by atoms with E-state index < -0.39 is 5.91 Å². The van der Waals surface area contributed by atoms with E-state index in [0.29, 0.717) is 0 Å². The molecule has 0 aliphatic heterocycles. The molecule has 4 nitrogen and oxygen atoms in total. The van der Waals surface area contributed by atoms with Crippen molar-refractivity contribution in [3.05, 3.63) is 11.8 Å². The third-order valence-corrected chi connectivity index (χ3v) is 0.751. The first-order valence-corrected chi connectivity index (χ1v) is 2.92. The van der Waals surface area contributed by atoms with Crippen molar-refractivity contribution >= 4 is 5.91 Å². The molecule has 0 aliphatic carbocycles. The maximum Gasteiger partial charge on any atom is 0.247 e. The molecule has 0 unspecified atom stereocenters. The number of hydrogen-bond donors (Lipinski definition) is 3. The van der Waals surface area contributed by atoms with Crippen LogP contribution in [0.15, 0.2) is 11.8 Å². The topological polar surface area (TPSA) is 69.6 Å². The Kier molecular flexibility index (Phi) is 4.32. The van der Waals surface area contributed by atoms with Crippen LogP contribution in [0.4, 0.5) is 0 Å². The number of amides is 1. The third-order valence-electron chi connectivity index (χ3n) is 0.751. The van der Waals surface area contributed by atoms with Crippen LogP contribution in [-0.2, 0) is 4.79 Å². The number of hydrogen-bond acceptors (Lipinski definition) is 3. The summed E-state index contributed by atoms with van der Waals surface area (Å²) < 4.78 is 0. The standard InChI is InChI=1S/C6H11NO3/c1-5(9)4-6(10)7-2-3-8/h4,8-9H,2-3H2,1H3,(H,7,10). The van der Waals surface area contributed by atoms with E-state index in [1.165, 1.54) is 6.92 Å². The highest BCUT2D eigenvalue weighted by Crippen LogP contribution is 1.81. The largest absolute Gasteiger partial charge is 0.512 e. The molecule has 0 saturated heterocycles. The summed E-state index contributed by atoms with van der Waals surface area (Å²) in [6, 6.07) is 0. The Morgan fingerprint density at radius 2 is 2.30 bits per heavy atom.